The molecule has 3 rings (SSSR count). The Morgan fingerprint density at radius 3 is 2.74 bits per heavy atom. The van der Waals surface area contributed by atoms with E-state index in [9.17, 15) is 0 Å². The predicted molar refractivity (Wildman–Crippen MR) is 77.7 cm³/mol. The van der Waals surface area contributed by atoms with Gasteiger partial charge in [0.25, 0.3) is 0 Å². The molecule has 1 aliphatic carbocycles. The molecule has 0 unspecified atom stereocenters. The first-order chi connectivity index (χ1) is 9.35. The minimum Gasteiger partial charge on any atom is -0.497 e. The zero-order chi connectivity index (χ0) is 13.1. The molecule has 1 fully saturated rings. The van der Waals surface area contributed by atoms with E-state index < -0.39 is 0 Å². The van der Waals surface area contributed by atoms with Gasteiger partial charge in [0.1, 0.15) is 10.8 Å². The maximum absolute atomic E-state index is 5.18. The van der Waals surface area contributed by atoms with Gasteiger partial charge in [-0.3, -0.25) is 0 Å². The van der Waals surface area contributed by atoms with E-state index in [0.717, 1.165) is 12.3 Å². The van der Waals surface area contributed by atoms with Crippen molar-refractivity contribution in [2.24, 2.45) is 0 Å². The lowest BCUT2D eigenvalue weighted by molar-refractivity contribution is 0.289. The smallest absolute Gasteiger partial charge is 0.118 e. The molecule has 1 aliphatic rings. The van der Waals surface area contributed by atoms with Crippen LogP contribution in [-0.4, -0.2) is 18.1 Å². The van der Waals surface area contributed by atoms with Crippen LogP contribution in [0.4, 0.5) is 0 Å². The third kappa shape index (κ3) is 2.96. The molecule has 0 spiro atoms. The Kier molecular flexibility index (Phi) is 3.80. The van der Waals surface area contributed by atoms with Crippen LogP contribution in [-0.2, 0) is 6.54 Å². The summed E-state index contributed by atoms with van der Waals surface area (Å²) in [7, 11) is 1.71. The van der Waals surface area contributed by atoms with Crippen LogP contribution in [0.5, 0.6) is 5.75 Å². The Hall–Kier alpha value is -1.39. The van der Waals surface area contributed by atoms with Gasteiger partial charge in [-0.15, -0.1) is 11.3 Å². The highest BCUT2D eigenvalue weighted by Gasteiger charge is 2.29. The van der Waals surface area contributed by atoms with E-state index in [0.29, 0.717) is 12.0 Å². The predicted octanol–water partition coefficient (Wildman–Crippen LogP) is 3.19. The molecule has 3 nitrogen and oxygen atoms in total. The van der Waals surface area contributed by atoms with Crippen molar-refractivity contribution in [1.82, 2.24) is 10.3 Å². The summed E-state index contributed by atoms with van der Waals surface area (Å²) in [5.74, 6) is 1.63. The van der Waals surface area contributed by atoms with Crippen LogP contribution < -0.4 is 10.1 Å². The van der Waals surface area contributed by atoms with Crippen molar-refractivity contribution in [3.63, 3.8) is 0 Å². The van der Waals surface area contributed by atoms with Crippen LogP contribution in [0.25, 0.3) is 0 Å². The van der Waals surface area contributed by atoms with Gasteiger partial charge < -0.3 is 10.1 Å². The SMILES string of the molecule is COc1ccc(C2CC(NCc3nccs3)C2)cc1. The second-order valence-corrected chi connectivity index (χ2v) is 5.92. The van der Waals surface area contributed by atoms with Gasteiger partial charge in [0.15, 0.2) is 0 Å². The van der Waals surface area contributed by atoms with Crippen molar-refractivity contribution in [3.05, 3.63) is 46.4 Å². The maximum atomic E-state index is 5.18. The fraction of sp³-hybridized carbons (Fsp3) is 0.400. The van der Waals surface area contributed by atoms with Gasteiger partial charge >= 0.3 is 0 Å². The van der Waals surface area contributed by atoms with E-state index in [1.165, 1.54) is 23.4 Å². The maximum Gasteiger partial charge on any atom is 0.118 e. The van der Waals surface area contributed by atoms with Gasteiger partial charge in [-0.2, -0.15) is 0 Å². The molecule has 2 aromatic rings. The molecule has 0 bridgehead atoms. The third-order valence-corrected chi connectivity index (χ3v) is 4.53. The summed E-state index contributed by atoms with van der Waals surface area (Å²) in [5, 5.41) is 6.77. The minimum absolute atomic E-state index is 0.635. The highest BCUT2D eigenvalue weighted by atomic mass is 32.1. The van der Waals surface area contributed by atoms with Crippen LogP contribution in [0.1, 0.15) is 29.3 Å². The van der Waals surface area contributed by atoms with Gasteiger partial charge in [0, 0.05) is 24.2 Å². The molecule has 100 valence electrons. The molecule has 0 aliphatic heterocycles. The molecular formula is C15H18N2OS. The van der Waals surface area contributed by atoms with Crippen molar-refractivity contribution in [1.29, 1.82) is 0 Å². The number of nitrogens with one attached hydrogen (secondary N) is 1. The van der Waals surface area contributed by atoms with E-state index in [-0.39, 0.29) is 0 Å². The molecule has 0 saturated heterocycles. The van der Waals surface area contributed by atoms with Crippen LogP contribution in [0.3, 0.4) is 0 Å². The van der Waals surface area contributed by atoms with Crippen molar-refractivity contribution in [2.45, 2.75) is 31.3 Å². The second-order valence-electron chi connectivity index (χ2n) is 4.95. The molecule has 1 saturated carbocycles. The van der Waals surface area contributed by atoms with Crippen LogP contribution in [0.2, 0.25) is 0 Å². The fourth-order valence-corrected chi connectivity index (χ4v) is 3.07. The van der Waals surface area contributed by atoms with Gasteiger partial charge in [-0.05, 0) is 36.5 Å². The zero-order valence-corrected chi connectivity index (χ0v) is 11.8. The topological polar surface area (TPSA) is 34.1 Å². The average molecular weight is 274 g/mol. The lowest BCUT2D eigenvalue weighted by Gasteiger charge is -2.36. The van der Waals surface area contributed by atoms with Crippen molar-refractivity contribution in [3.8, 4) is 5.75 Å². The molecule has 1 heterocycles. The molecule has 0 amide bonds. The Bertz CT molecular complexity index is 503. The van der Waals surface area contributed by atoms with E-state index in [4.69, 9.17) is 4.74 Å². The first-order valence-electron chi connectivity index (χ1n) is 6.61. The normalized spacial score (nSPS) is 21.9. The summed E-state index contributed by atoms with van der Waals surface area (Å²) in [6.07, 6.45) is 4.30. The number of aromatic nitrogens is 1. The summed E-state index contributed by atoms with van der Waals surface area (Å²) in [5.41, 5.74) is 1.42. The molecule has 1 aromatic carbocycles. The summed E-state index contributed by atoms with van der Waals surface area (Å²) in [6, 6.07) is 9.09. The Morgan fingerprint density at radius 2 is 2.11 bits per heavy atom. The number of nitrogens with zero attached hydrogens (tertiary/aromatic N) is 1. The van der Waals surface area contributed by atoms with Crippen LogP contribution in [0.15, 0.2) is 35.8 Å². The van der Waals surface area contributed by atoms with Crippen molar-refractivity contribution < 1.29 is 4.74 Å². The second kappa shape index (κ2) is 5.72. The lowest BCUT2D eigenvalue weighted by atomic mass is 9.76. The summed E-state index contributed by atoms with van der Waals surface area (Å²) >= 11 is 1.71. The van der Waals surface area contributed by atoms with E-state index in [2.05, 4.69) is 22.4 Å². The van der Waals surface area contributed by atoms with Gasteiger partial charge in [0.2, 0.25) is 0 Å². The first-order valence-corrected chi connectivity index (χ1v) is 7.49. The summed E-state index contributed by atoms with van der Waals surface area (Å²) < 4.78 is 5.18. The number of ether oxygens (including phenoxy) is 1. The number of hydrogen-bond donors (Lipinski definition) is 1. The molecule has 0 radical (unpaired) electrons. The number of methoxy groups -OCH3 is 1. The van der Waals surface area contributed by atoms with Crippen molar-refractivity contribution >= 4 is 11.3 Å². The third-order valence-electron chi connectivity index (χ3n) is 3.75. The average Bonchev–Trinajstić information content (AvgIpc) is 2.91. The largest absolute Gasteiger partial charge is 0.497 e. The Balaban J connectivity index is 1.46. The molecule has 0 atom stereocenters. The zero-order valence-electron chi connectivity index (χ0n) is 11.0. The fourth-order valence-electron chi connectivity index (χ4n) is 2.50. The highest BCUT2D eigenvalue weighted by molar-refractivity contribution is 7.09. The van der Waals surface area contributed by atoms with Gasteiger partial charge in [-0.1, -0.05) is 12.1 Å². The highest BCUT2D eigenvalue weighted by Crippen LogP contribution is 2.37. The van der Waals surface area contributed by atoms with E-state index >= 15 is 0 Å². The number of thiazole rings is 1. The number of benzene rings is 1. The monoisotopic (exact) mass is 274 g/mol. The Morgan fingerprint density at radius 1 is 1.32 bits per heavy atom. The molecule has 19 heavy (non-hydrogen) atoms. The molecule has 1 N–H and O–H groups in total. The molecule has 4 heteroatoms. The van der Waals surface area contributed by atoms with Crippen molar-refractivity contribution in [2.75, 3.05) is 7.11 Å². The number of hydrogen-bond acceptors (Lipinski definition) is 4. The van der Waals surface area contributed by atoms with E-state index in [1.807, 2.05) is 23.7 Å². The standard InChI is InChI=1S/C15H18N2OS/c1-18-14-4-2-11(3-5-14)12-8-13(9-12)17-10-15-16-6-7-19-15/h2-7,12-13,17H,8-10H2,1H3. The van der Waals surface area contributed by atoms with Gasteiger partial charge in [-0.25, -0.2) is 4.98 Å². The molecule has 1 aromatic heterocycles. The quantitative estimate of drug-likeness (QED) is 0.909. The Labute approximate surface area is 117 Å². The summed E-state index contributed by atoms with van der Waals surface area (Å²) in [4.78, 5) is 4.28. The first kappa shape index (κ1) is 12.6. The van der Waals surface area contributed by atoms with Crippen LogP contribution >= 0.6 is 11.3 Å². The number of rotatable bonds is 5. The summed E-state index contributed by atoms with van der Waals surface area (Å²) in [6.45, 7) is 0.900. The van der Waals surface area contributed by atoms with E-state index in [1.54, 1.807) is 18.4 Å². The lowest BCUT2D eigenvalue weighted by Crippen LogP contribution is -2.39. The van der Waals surface area contributed by atoms with Gasteiger partial charge in [0.05, 0.1) is 7.11 Å². The minimum atomic E-state index is 0.635. The van der Waals surface area contributed by atoms with Crippen LogP contribution in [0, 0.1) is 0 Å². The molecular weight excluding hydrogens is 256 g/mol.